The van der Waals surface area contributed by atoms with Gasteiger partial charge in [0.15, 0.2) is 0 Å². The Hall–Kier alpha value is -1.04. The predicted octanol–water partition coefficient (Wildman–Crippen LogP) is 0.479. The largest absolute Gasteiger partial charge is 0.492 e. The molecule has 0 aliphatic heterocycles. The van der Waals surface area contributed by atoms with E-state index in [1.165, 1.54) is 0 Å². The predicted molar refractivity (Wildman–Crippen MR) is 67.6 cm³/mol. The average molecular weight is 238 g/mol. The van der Waals surface area contributed by atoms with Crippen LogP contribution in [0.15, 0.2) is 18.2 Å². The van der Waals surface area contributed by atoms with E-state index < -0.39 is 7.12 Å². The van der Waals surface area contributed by atoms with Gasteiger partial charge in [-0.2, -0.15) is 0 Å². The van der Waals surface area contributed by atoms with Crippen molar-refractivity contribution in [3.63, 3.8) is 0 Å². The third kappa shape index (κ3) is 4.77. The maximum absolute atomic E-state index is 9.22. The lowest BCUT2D eigenvalue weighted by Crippen LogP contribution is -2.32. The van der Waals surface area contributed by atoms with Gasteiger partial charge in [-0.05, 0) is 26.8 Å². The fraction of sp³-hybridized carbons (Fsp3) is 0.500. The summed E-state index contributed by atoms with van der Waals surface area (Å²) in [6, 6.07) is 5.30. The first kappa shape index (κ1) is 14.0. The molecule has 4 nitrogen and oxygen atoms in total. The Balaban J connectivity index is 2.58. The van der Waals surface area contributed by atoms with Crippen molar-refractivity contribution in [2.45, 2.75) is 26.9 Å². The minimum atomic E-state index is -1.52. The lowest BCUT2D eigenvalue weighted by molar-refractivity contribution is 0.0554. The van der Waals surface area contributed by atoms with Crippen LogP contribution in [0, 0.1) is 6.92 Å². The highest BCUT2D eigenvalue weighted by molar-refractivity contribution is 6.59. The molecule has 0 amide bonds. The molecule has 0 unspecified atom stereocenters. The summed E-state index contributed by atoms with van der Waals surface area (Å²) in [7, 11) is -1.52. The Bertz CT molecular complexity index is 352. The fourth-order valence-electron chi connectivity index (χ4n) is 1.44. The summed E-state index contributed by atoms with van der Waals surface area (Å²) in [4.78, 5) is 0. The van der Waals surface area contributed by atoms with Gasteiger partial charge in [-0.3, -0.25) is 0 Å². The van der Waals surface area contributed by atoms with Gasteiger partial charge in [0, 0.05) is 5.46 Å². The summed E-state index contributed by atoms with van der Waals surface area (Å²) in [5, 5.41) is 18.4. The van der Waals surface area contributed by atoms with Gasteiger partial charge in [-0.25, -0.2) is 0 Å². The summed E-state index contributed by atoms with van der Waals surface area (Å²) >= 11 is 0. The lowest BCUT2D eigenvalue weighted by atomic mass is 9.79. The van der Waals surface area contributed by atoms with Crippen LogP contribution < -0.4 is 10.2 Å². The molecule has 0 aliphatic carbocycles. The van der Waals surface area contributed by atoms with Crippen LogP contribution in [-0.4, -0.2) is 36.5 Å². The molecular formula is C12H19BO4. The van der Waals surface area contributed by atoms with Gasteiger partial charge in [0.05, 0.1) is 12.7 Å². The summed E-state index contributed by atoms with van der Waals surface area (Å²) in [6.07, 6.45) is 0.166. The summed E-state index contributed by atoms with van der Waals surface area (Å²) in [5.41, 5.74) is 1.34. The third-order valence-electron chi connectivity index (χ3n) is 2.24. The highest BCUT2D eigenvalue weighted by Gasteiger charge is 2.17. The van der Waals surface area contributed by atoms with E-state index in [1.54, 1.807) is 12.1 Å². The molecular weight excluding hydrogens is 219 g/mol. The van der Waals surface area contributed by atoms with E-state index in [9.17, 15) is 10.0 Å². The Morgan fingerprint density at radius 1 is 1.24 bits per heavy atom. The average Bonchev–Trinajstić information content (AvgIpc) is 2.25. The van der Waals surface area contributed by atoms with Crippen molar-refractivity contribution in [2.75, 3.05) is 13.2 Å². The van der Waals surface area contributed by atoms with Crippen LogP contribution in [0.1, 0.15) is 19.4 Å². The van der Waals surface area contributed by atoms with Crippen molar-refractivity contribution in [1.82, 2.24) is 0 Å². The zero-order chi connectivity index (χ0) is 12.8. The molecule has 17 heavy (non-hydrogen) atoms. The van der Waals surface area contributed by atoms with Crippen molar-refractivity contribution in [3.05, 3.63) is 23.8 Å². The molecule has 94 valence electrons. The molecule has 5 heteroatoms. The molecule has 0 radical (unpaired) electrons. The number of aryl methyl sites for hydroxylation is 1. The Morgan fingerprint density at radius 3 is 2.53 bits per heavy atom. The number of hydrogen-bond acceptors (Lipinski definition) is 4. The molecule has 0 spiro atoms. The Morgan fingerprint density at radius 2 is 1.94 bits per heavy atom. The molecule has 0 atom stereocenters. The first-order valence-corrected chi connectivity index (χ1v) is 5.71. The molecule has 0 aliphatic rings. The van der Waals surface area contributed by atoms with Gasteiger partial charge < -0.3 is 19.5 Å². The molecule has 2 N–H and O–H groups in total. The van der Waals surface area contributed by atoms with E-state index in [0.717, 1.165) is 5.56 Å². The first-order chi connectivity index (χ1) is 8.00. The van der Waals surface area contributed by atoms with Gasteiger partial charge in [0.25, 0.3) is 0 Å². The van der Waals surface area contributed by atoms with E-state index in [1.807, 2.05) is 26.8 Å². The molecule has 1 aromatic carbocycles. The summed E-state index contributed by atoms with van der Waals surface area (Å²) < 4.78 is 10.8. The maximum Gasteiger partial charge on any atom is 0.492 e. The molecule has 0 saturated carbocycles. The van der Waals surface area contributed by atoms with E-state index in [4.69, 9.17) is 9.47 Å². The zero-order valence-corrected chi connectivity index (χ0v) is 10.5. The zero-order valence-electron chi connectivity index (χ0n) is 10.5. The van der Waals surface area contributed by atoms with Crippen LogP contribution in [0.4, 0.5) is 0 Å². The van der Waals surface area contributed by atoms with Crippen LogP contribution in [0.25, 0.3) is 0 Å². The molecule has 0 aromatic heterocycles. The number of rotatable bonds is 6. The third-order valence-corrected chi connectivity index (χ3v) is 2.24. The van der Waals surface area contributed by atoms with E-state index >= 15 is 0 Å². The molecule has 1 rings (SSSR count). The van der Waals surface area contributed by atoms with Gasteiger partial charge in [-0.15, -0.1) is 0 Å². The standard InChI is InChI=1S/C12H19BO4/c1-9(2)16-6-7-17-12-5-4-10(3)8-11(12)13(14)15/h4-5,8-9,14-15H,6-7H2,1-3H3. The van der Waals surface area contributed by atoms with Gasteiger partial charge >= 0.3 is 7.12 Å². The van der Waals surface area contributed by atoms with E-state index in [2.05, 4.69) is 0 Å². The molecule has 0 fully saturated rings. The molecule has 0 bridgehead atoms. The van der Waals surface area contributed by atoms with Gasteiger partial charge in [-0.1, -0.05) is 17.7 Å². The lowest BCUT2D eigenvalue weighted by Gasteiger charge is -2.13. The molecule has 0 saturated heterocycles. The highest BCUT2D eigenvalue weighted by Crippen LogP contribution is 2.10. The maximum atomic E-state index is 9.22. The first-order valence-electron chi connectivity index (χ1n) is 5.71. The van der Waals surface area contributed by atoms with Crippen molar-refractivity contribution >= 4 is 12.6 Å². The van der Waals surface area contributed by atoms with Gasteiger partial charge in [0.1, 0.15) is 12.4 Å². The van der Waals surface area contributed by atoms with Crippen molar-refractivity contribution in [3.8, 4) is 5.75 Å². The summed E-state index contributed by atoms with van der Waals surface area (Å²) in [6.45, 7) is 6.66. The fourth-order valence-corrected chi connectivity index (χ4v) is 1.44. The monoisotopic (exact) mass is 238 g/mol. The number of ether oxygens (including phenoxy) is 2. The van der Waals surface area contributed by atoms with Gasteiger partial charge in [0.2, 0.25) is 0 Å². The highest BCUT2D eigenvalue weighted by atomic mass is 16.5. The Labute approximate surface area is 102 Å². The quantitative estimate of drug-likeness (QED) is 0.559. The van der Waals surface area contributed by atoms with E-state index in [-0.39, 0.29) is 6.10 Å². The number of hydrogen-bond donors (Lipinski definition) is 2. The van der Waals surface area contributed by atoms with Crippen LogP contribution in [0.2, 0.25) is 0 Å². The van der Waals surface area contributed by atoms with Crippen LogP contribution in [0.3, 0.4) is 0 Å². The normalized spacial score (nSPS) is 10.7. The summed E-state index contributed by atoms with van der Waals surface area (Å²) in [5.74, 6) is 0.484. The smallest absolute Gasteiger partial charge is 0.492 e. The van der Waals surface area contributed by atoms with Crippen LogP contribution >= 0.6 is 0 Å². The second-order valence-electron chi connectivity index (χ2n) is 4.18. The topological polar surface area (TPSA) is 58.9 Å². The minimum Gasteiger partial charge on any atom is -0.492 e. The molecule has 0 heterocycles. The second kappa shape index (κ2) is 6.64. The van der Waals surface area contributed by atoms with Crippen LogP contribution in [-0.2, 0) is 4.74 Å². The van der Waals surface area contributed by atoms with E-state index in [0.29, 0.717) is 24.4 Å². The van der Waals surface area contributed by atoms with Crippen molar-refractivity contribution in [2.24, 2.45) is 0 Å². The van der Waals surface area contributed by atoms with Crippen molar-refractivity contribution in [1.29, 1.82) is 0 Å². The number of benzene rings is 1. The second-order valence-corrected chi connectivity index (χ2v) is 4.18. The SMILES string of the molecule is Cc1ccc(OCCOC(C)C)c(B(O)O)c1. The molecule has 1 aromatic rings. The van der Waals surface area contributed by atoms with Crippen molar-refractivity contribution < 1.29 is 19.5 Å². The Kier molecular flexibility index (Phi) is 5.48. The minimum absolute atomic E-state index is 0.166. The van der Waals surface area contributed by atoms with Crippen LogP contribution in [0.5, 0.6) is 5.75 Å².